The van der Waals surface area contributed by atoms with Gasteiger partial charge in [0.05, 0.1) is 78.5 Å². The predicted molar refractivity (Wildman–Crippen MR) is 266 cm³/mol. The van der Waals surface area contributed by atoms with Gasteiger partial charge in [0.25, 0.3) is 0 Å². The molecule has 0 aliphatic carbocycles. The molecule has 0 aromatic heterocycles. The largest absolute Gasteiger partial charge is 4.00 e. The third-order valence-electron chi connectivity index (χ3n) is 11.8. The van der Waals surface area contributed by atoms with Crippen LogP contribution in [-0.4, -0.2) is 98.1 Å². The number of quaternary nitrogens is 3. The number of hydrogen-bond acceptors (Lipinski definition) is 1. The fraction of sp³-hybridized carbons (Fsp3) is 1.00. The molecule has 28 heteroatoms. The van der Waals surface area contributed by atoms with E-state index in [1.807, 2.05) is 0 Å². The quantitative estimate of drug-likeness (QED) is 0.0428. The zero-order chi connectivity index (χ0) is 42.5. The molecule has 0 aromatic rings. The fourth-order valence-corrected chi connectivity index (χ4v) is 7.93. The van der Waals surface area contributed by atoms with Gasteiger partial charge in [-0.3, -0.25) is 0 Å². The van der Waals surface area contributed by atoms with E-state index in [0.29, 0.717) is 0 Å². The Balaban J connectivity index is -0.0000000160. The summed E-state index contributed by atoms with van der Waals surface area (Å²) in [6.45, 7) is 48.3. The van der Waals surface area contributed by atoms with Crippen LogP contribution in [0.1, 0.15) is 251 Å². The summed E-state index contributed by atoms with van der Waals surface area (Å²) in [5, 5.41) is 9.53. The third-order valence-corrected chi connectivity index (χ3v) is 11.8. The minimum Gasteiger partial charge on any atom is -2.00 e. The molecule has 0 heterocycles. The summed E-state index contributed by atoms with van der Waals surface area (Å²) in [7, 11) is 0. The van der Waals surface area contributed by atoms with E-state index < -0.39 is 6.10 Å². The van der Waals surface area contributed by atoms with Crippen LogP contribution in [0.2, 0.25) is 0 Å². The summed E-state index contributed by atoms with van der Waals surface area (Å²) in [6, 6.07) is 0. The Morgan fingerprint density at radius 2 is 0.253 bits per heavy atom. The molecule has 0 aromatic carbocycles. The van der Waals surface area contributed by atoms with E-state index in [9.17, 15) is 5.11 Å². The monoisotopic (exact) mass is 2040 g/mol. The van der Waals surface area contributed by atoms with Gasteiger partial charge in [0.15, 0.2) is 0 Å². The summed E-state index contributed by atoms with van der Waals surface area (Å²) < 4.78 is 4.26. The minimum atomic E-state index is -0.417. The molecule has 512 valence electrons. The van der Waals surface area contributed by atoms with Crippen LogP contribution in [0, 0.1) is 0 Å². The Bertz CT molecular complexity index is 568. The smallest absolute Gasteiger partial charge is 2.00 e. The van der Waals surface area contributed by atoms with Crippen LogP contribution < -0.4 is 5.11 Å². The van der Waals surface area contributed by atoms with Crippen LogP contribution in [0.5, 0.6) is 0 Å². The van der Waals surface area contributed by atoms with Gasteiger partial charge in [0.2, 0.25) is 0 Å². The van der Waals surface area contributed by atoms with E-state index in [1.165, 1.54) is 246 Å². The average Bonchev–Trinajstić information content (AvgIpc) is 3.19. The maximum atomic E-state index is 9.53. The van der Waals surface area contributed by atoms with Crippen molar-refractivity contribution in [1.29, 1.82) is 0 Å². The summed E-state index contributed by atoms with van der Waals surface area (Å²) in [5.41, 5.74) is 0. The van der Waals surface area contributed by atoms with E-state index in [2.05, 4.69) is 83.1 Å². The molecule has 0 amide bonds. The average molecular weight is 2040 g/mol. The van der Waals surface area contributed by atoms with Gasteiger partial charge < -0.3 is 117 Å². The van der Waals surface area contributed by atoms with E-state index in [-0.39, 0.29) is 226 Å². The molecule has 0 saturated carbocycles. The number of nitrogens with zero attached hydrogens (tertiary/aromatic N) is 3. The second-order valence-corrected chi connectivity index (χ2v) is 18.0. The van der Waals surface area contributed by atoms with Gasteiger partial charge in [0.1, 0.15) is 0 Å². The van der Waals surface area contributed by atoms with E-state index >= 15 is 0 Å². The van der Waals surface area contributed by atoms with Gasteiger partial charge in [0, 0.05) is 105 Å². The van der Waals surface area contributed by atoms with Crippen LogP contribution in [0.15, 0.2) is 0 Å². The Hall–Kier alpha value is 3.28. The molecule has 0 bridgehead atoms. The van der Waals surface area contributed by atoms with Gasteiger partial charge in [-0.05, 0) is 77.0 Å². The predicted octanol–water partition coefficient (Wildman–Crippen LogP) is 12.6. The first-order valence-corrected chi connectivity index (χ1v) is 25.7. The maximum absolute atomic E-state index is 9.53. The molecule has 0 spiro atoms. The van der Waals surface area contributed by atoms with Gasteiger partial charge in [-0.1, -0.05) is 174 Å². The van der Waals surface area contributed by atoms with Crippen molar-refractivity contribution >= 4 is 0 Å². The van der Waals surface area contributed by atoms with Crippen LogP contribution in [0.4, 0.5) is 0 Å². The molecule has 22 nitrogen and oxygen atoms in total. The second kappa shape index (κ2) is 144. The molecule has 79 heavy (non-hydrogen) atoms. The summed E-state index contributed by atoms with van der Waals surface area (Å²) >= 11 is 0. The third kappa shape index (κ3) is 128. The topological polar surface area (TPSA) is 536 Å². The van der Waals surface area contributed by atoms with Gasteiger partial charge >= 0.3 is 21.7 Å². The molecule has 0 N–H and O–H groups in total. The minimum absolute atomic E-state index is 0. The van der Waals surface area contributed by atoms with Crippen molar-refractivity contribution in [2.75, 3.05) is 78.5 Å². The summed E-state index contributed by atoms with van der Waals surface area (Å²) in [6.07, 6.45) is 32.8. The van der Waals surface area contributed by atoms with Gasteiger partial charge in [-0.15, -0.1) is 6.10 Å². The maximum Gasteiger partial charge on any atom is 4.00 e. The zero-order valence-corrected chi connectivity index (χ0v) is 67.9. The molecule has 0 unspecified atom stereocenters. The van der Waals surface area contributed by atoms with E-state index in [0.717, 1.165) is 0 Å². The Labute approximate surface area is 574 Å². The number of hydrogen-bond donors (Lipinski definition) is 0. The van der Waals surface area contributed by atoms with Crippen LogP contribution in [-0.2, 0) is 226 Å². The standard InChI is InChI=1S/3C16H36N.C3H7O.18O.Ti.5W/c3*1-5-9-13-17(14-10-6-2,15-11-7-3)16-12-8-4;1-3(2)4;;;;;;;;;;;;;;;;;;;;;;;;/h3*5-16H2,1-4H3;3H,1-2H3;;;;;;;;;;;;;;;;;;;;;;;;/q3*+1;-1;18*-2;+4;;;;;. The molecule has 0 atom stereocenters. The molecular weight excluding hydrogens is 1930 g/mol. The first-order chi connectivity index (χ1) is 26.5. The van der Waals surface area contributed by atoms with E-state index in [1.54, 1.807) is 13.8 Å². The van der Waals surface area contributed by atoms with Crippen LogP contribution in [0.25, 0.3) is 0 Å². The molecule has 0 radical (unpaired) electrons. The molecule has 0 aliphatic heterocycles. The Morgan fingerprint density at radius 1 is 0.203 bits per heavy atom. The van der Waals surface area contributed by atoms with Crippen molar-refractivity contribution in [3.8, 4) is 0 Å². The molecule has 0 saturated heterocycles. The fourth-order valence-electron chi connectivity index (χ4n) is 7.93. The molecule has 0 aliphatic rings. The molecule has 0 rings (SSSR count). The van der Waals surface area contributed by atoms with Crippen molar-refractivity contribution in [3.05, 3.63) is 0 Å². The van der Waals surface area contributed by atoms with Gasteiger partial charge in [-0.2, -0.15) is 0 Å². The number of unbranched alkanes of at least 4 members (excludes halogenated alkanes) is 12. The van der Waals surface area contributed by atoms with Crippen LogP contribution in [0.3, 0.4) is 0 Å². The Kier molecular flexibility index (Phi) is 337. The second-order valence-electron chi connectivity index (χ2n) is 18.0. The van der Waals surface area contributed by atoms with Crippen molar-refractivity contribution in [3.63, 3.8) is 0 Å². The summed E-state index contributed by atoms with van der Waals surface area (Å²) in [4.78, 5) is 0. The van der Waals surface area contributed by atoms with Crippen molar-refractivity contribution in [2.45, 2.75) is 257 Å². The zero-order valence-electron chi connectivity index (χ0n) is 51.7. The Morgan fingerprint density at radius 3 is 0.291 bits per heavy atom. The number of rotatable bonds is 36. The van der Waals surface area contributed by atoms with Crippen molar-refractivity contribution in [1.82, 2.24) is 0 Å². The normalized spacial score (nSPS) is 8.20. The van der Waals surface area contributed by atoms with Gasteiger partial charge in [-0.25, -0.2) is 0 Å². The van der Waals surface area contributed by atoms with Crippen LogP contribution >= 0.6 is 0 Å². The molecular formula is C51H115N3O19TiW5-30. The molecule has 0 fully saturated rings. The SMILES string of the molecule is CC(C)[O-].CCCC[N+](CCCC)(CCCC)CCCC.CCCC[N+](CCCC)(CCCC)CCCC.CCCC[N+](CCCC)(CCCC)CCCC.[O-2].[O-2].[O-2].[O-2].[O-2].[O-2].[O-2].[O-2].[O-2].[O-2].[O-2].[O-2].[O-2].[O-2].[O-2].[O-2].[O-2].[O-2].[Ti+4].[W].[W].[W].[W].[W]. The summed E-state index contributed by atoms with van der Waals surface area (Å²) in [5.74, 6) is 0. The van der Waals surface area contributed by atoms with E-state index in [4.69, 9.17) is 0 Å². The van der Waals surface area contributed by atoms with Crippen molar-refractivity contribution < 1.29 is 244 Å². The first-order valence-electron chi connectivity index (χ1n) is 25.7. The first kappa shape index (κ1) is 184. The van der Waals surface area contributed by atoms with Crippen molar-refractivity contribution in [2.24, 2.45) is 0 Å².